The average Bonchev–Trinajstić information content (AvgIpc) is 2.37. The molecule has 0 unspecified atom stereocenters. The van der Waals surface area contributed by atoms with Crippen LogP contribution in [0.4, 0.5) is 17.6 Å². The molecule has 0 saturated heterocycles. The molecule has 2 aromatic rings. The Morgan fingerprint density at radius 1 is 1.11 bits per heavy atom. The number of rotatable bonds is 2. The van der Waals surface area contributed by atoms with Crippen molar-refractivity contribution in [2.75, 3.05) is 0 Å². The minimum Gasteiger partial charge on any atom is -0.298 e. The Hall–Kier alpha value is -2.31. The maximum atomic E-state index is 13.1. The third-order valence-electron chi connectivity index (χ3n) is 2.34. The summed E-state index contributed by atoms with van der Waals surface area (Å²) in [7, 11) is 0. The minimum atomic E-state index is -4.64. The molecule has 0 atom stereocenters. The number of hydrogen-bond donors (Lipinski definition) is 0. The van der Waals surface area contributed by atoms with Crippen molar-refractivity contribution in [2.45, 2.75) is 6.18 Å². The van der Waals surface area contributed by atoms with Crippen LogP contribution >= 0.6 is 0 Å². The van der Waals surface area contributed by atoms with E-state index in [2.05, 4.69) is 9.97 Å². The Morgan fingerprint density at radius 2 is 1.74 bits per heavy atom. The number of carbonyl (C=O) groups is 1. The molecule has 0 saturated carbocycles. The number of aromatic nitrogens is 2. The molecule has 1 heterocycles. The molecule has 0 aliphatic carbocycles. The van der Waals surface area contributed by atoms with Gasteiger partial charge in [-0.05, 0) is 18.2 Å². The highest BCUT2D eigenvalue weighted by Crippen LogP contribution is 2.36. The van der Waals surface area contributed by atoms with Crippen molar-refractivity contribution < 1.29 is 22.4 Å². The molecule has 0 amide bonds. The summed E-state index contributed by atoms with van der Waals surface area (Å²) in [5.74, 6) is -1.12. The van der Waals surface area contributed by atoms with Gasteiger partial charge in [0.15, 0.2) is 12.1 Å². The molecular weight excluding hydrogens is 264 g/mol. The number of aldehydes is 1. The smallest absolute Gasteiger partial charge is 0.298 e. The van der Waals surface area contributed by atoms with Crippen molar-refractivity contribution in [3.05, 3.63) is 47.5 Å². The maximum Gasteiger partial charge on any atom is 0.417 e. The van der Waals surface area contributed by atoms with Gasteiger partial charge in [0.05, 0.1) is 11.1 Å². The van der Waals surface area contributed by atoms with Crippen molar-refractivity contribution >= 4 is 6.29 Å². The third-order valence-corrected chi connectivity index (χ3v) is 2.34. The number of carbonyl (C=O) groups excluding carboxylic acids is 1. The van der Waals surface area contributed by atoms with Crippen LogP contribution in [0.25, 0.3) is 11.4 Å². The monoisotopic (exact) mass is 270 g/mol. The highest BCUT2D eigenvalue weighted by Gasteiger charge is 2.34. The Morgan fingerprint density at radius 3 is 2.26 bits per heavy atom. The van der Waals surface area contributed by atoms with E-state index in [4.69, 9.17) is 0 Å². The number of halogens is 4. The Bertz CT molecular complexity index is 608. The van der Waals surface area contributed by atoms with Gasteiger partial charge in [-0.3, -0.25) is 4.79 Å². The topological polar surface area (TPSA) is 42.9 Å². The summed E-state index contributed by atoms with van der Waals surface area (Å²) in [6.07, 6.45) is -2.05. The van der Waals surface area contributed by atoms with Crippen LogP contribution < -0.4 is 0 Å². The van der Waals surface area contributed by atoms with Gasteiger partial charge < -0.3 is 0 Å². The number of nitrogens with zero attached hydrogens (tertiary/aromatic N) is 2. The van der Waals surface area contributed by atoms with Gasteiger partial charge in [-0.15, -0.1) is 0 Å². The molecule has 0 aliphatic rings. The molecule has 0 bridgehead atoms. The van der Waals surface area contributed by atoms with Gasteiger partial charge in [0, 0.05) is 18.0 Å². The summed E-state index contributed by atoms with van der Waals surface area (Å²) in [6.45, 7) is 0. The van der Waals surface area contributed by atoms with Crippen LogP contribution in [0.5, 0.6) is 0 Å². The van der Waals surface area contributed by atoms with Crippen molar-refractivity contribution in [1.82, 2.24) is 9.97 Å². The van der Waals surface area contributed by atoms with Crippen molar-refractivity contribution in [3.63, 3.8) is 0 Å². The summed E-state index contributed by atoms with van der Waals surface area (Å²) >= 11 is 0. The first kappa shape index (κ1) is 13.1. The zero-order valence-corrected chi connectivity index (χ0v) is 9.28. The van der Waals surface area contributed by atoms with Crippen molar-refractivity contribution in [2.24, 2.45) is 0 Å². The summed E-state index contributed by atoms with van der Waals surface area (Å²) in [5, 5.41) is 0. The Balaban J connectivity index is 2.59. The predicted octanol–water partition coefficient (Wildman–Crippen LogP) is 3.11. The molecule has 1 aromatic heterocycles. The van der Waals surface area contributed by atoms with E-state index in [0.717, 1.165) is 12.4 Å². The maximum absolute atomic E-state index is 13.1. The van der Waals surface area contributed by atoms with Gasteiger partial charge in [0.1, 0.15) is 5.82 Å². The lowest BCUT2D eigenvalue weighted by atomic mass is 10.1. The van der Waals surface area contributed by atoms with E-state index in [-0.39, 0.29) is 11.4 Å². The summed E-state index contributed by atoms with van der Waals surface area (Å²) in [5.41, 5.74) is -1.38. The van der Waals surface area contributed by atoms with Gasteiger partial charge in [0.2, 0.25) is 0 Å². The standard InChI is InChI=1S/C12H6F4N2O/c13-8-1-2-10(12(14,15)16)9(3-8)11-17-4-7(6-19)5-18-11/h1-6H. The fourth-order valence-corrected chi connectivity index (χ4v) is 1.49. The molecule has 2 rings (SSSR count). The molecule has 3 nitrogen and oxygen atoms in total. The third kappa shape index (κ3) is 2.75. The normalized spacial score (nSPS) is 11.4. The molecule has 0 fully saturated rings. The zero-order valence-electron chi connectivity index (χ0n) is 9.28. The predicted molar refractivity (Wildman–Crippen MR) is 57.8 cm³/mol. The minimum absolute atomic E-state index is 0.119. The highest BCUT2D eigenvalue weighted by atomic mass is 19.4. The molecule has 1 aromatic carbocycles. The molecule has 0 N–H and O–H groups in total. The van der Waals surface area contributed by atoms with E-state index in [9.17, 15) is 22.4 Å². The molecule has 0 aliphatic heterocycles. The van der Waals surface area contributed by atoms with Crippen LogP contribution in [-0.2, 0) is 6.18 Å². The van der Waals surface area contributed by atoms with E-state index in [1.807, 2.05) is 0 Å². The van der Waals surface area contributed by atoms with Gasteiger partial charge in [-0.2, -0.15) is 13.2 Å². The number of benzene rings is 1. The van der Waals surface area contributed by atoms with Crippen LogP contribution in [0.2, 0.25) is 0 Å². The van der Waals surface area contributed by atoms with Crippen LogP contribution in [0, 0.1) is 5.82 Å². The van der Waals surface area contributed by atoms with Crippen LogP contribution in [-0.4, -0.2) is 16.3 Å². The SMILES string of the molecule is O=Cc1cnc(-c2cc(F)ccc2C(F)(F)F)nc1. The Labute approximate surface area is 104 Å². The Kier molecular flexibility index (Phi) is 3.28. The fourth-order valence-electron chi connectivity index (χ4n) is 1.49. The summed E-state index contributed by atoms with van der Waals surface area (Å²) < 4.78 is 51.4. The summed E-state index contributed by atoms with van der Waals surface area (Å²) in [4.78, 5) is 17.7. The summed E-state index contributed by atoms with van der Waals surface area (Å²) in [6, 6.07) is 2.05. The first-order chi connectivity index (χ1) is 8.91. The van der Waals surface area contributed by atoms with Gasteiger partial charge in [-0.25, -0.2) is 14.4 Å². The van der Waals surface area contributed by atoms with Gasteiger partial charge in [-0.1, -0.05) is 0 Å². The van der Waals surface area contributed by atoms with E-state index in [1.165, 1.54) is 0 Å². The van der Waals surface area contributed by atoms with E-state index >= 15 is 0 Å². The molecular formula is C12H6F4N2O. The van der Waals surface area contributed by atoms with E-state index in [1.54, 1.807) is 0 Å². The average molecular weight is 270 g/mol. The zero-order chi connectivity index (χ0) is 14.0. The lowest BCUT2D eigenvalue weighted by Gasteiger charge is -2.11. The second kappa shape index (κ2) is 4.75. The van der Waals surface area contributed by atoms with Crippen LogP contribution in [0.15, 0.2) is 30.6 Å². The van der Waals surface area contributed by atoms with E-state index in [0.29, 0.717) is 24.5 Å². The van der Waals surface area contributed by atoms with Crippen molar-refractivity contribution in [1.29, 1.82) is 0 Å². The number of hydrogen-bond acceptors (Lipinski definition) is 3. The molecule has 7 heteroatoms. The first-order valence-electron chi connectivity index (χ1n) is 5.06. The fraction of sp³-hybridized carbons (Fsp3) is 0.0833. The lowest BCUT2D eigenvalue weighted by molar-refractivity contribution is -0.137. The van der Waals surface area contributed by atoms with Crippen molar-refractivity contribution in [3.8, 4) is 11.4 Å². The highest BCUT2D eigenvalue weighted by molar-refractivity contribution is 5.74. The quantitative estimate of drug-likeness (QED) is 0.622. The van der Waals surface area contributed by atoms with Gasteiger partial charge >= 0.3 is 6.18 Å². The second-order valence-corrected chi connectivity index (χ2v) is 3.65. The molecule has 19 heavy (non-hydrogen) atoms. The van der Waals surface area contributed by atoms with E-state index < -0.39 is 23.1 Å². The number of alkyl halides is 3. The first-order valence-corrected chi connectivity index (χ1v) is 5.06. The molecule has 0 radical (unpaired) electrons. The van der Waals surface area contributed by atoms with Crippen LogP contribution in [0.3, 0.4) is 0 Å². The largest absolute Gasteiger partial charge is 0.417 e. The van der Waals surface area contributed by atoms with Crippen LogP contribution in [0.1, 0.15) is 15.9 Å². The lowest BCUT2D eigenvalue weighted by Crippen LogP contribution is -2.08. The van der Waals surface area contributed by atoms with Gasteiger partial charge in [0.25, 0.3) is 0 Å². The second-order valence-electron chi connectivity index (χ2n) is 3.65. The molecule has 0 spiro atoms. The molecule has 98 valence electrons.